The Hall–Kier alpha value is -1.23. The Morgan fingerprint density at radius 1 is 1.35 bits per heavy atom. The van der Waals surface area contributed by atoms with Gasteiger partial charge in [0.15, 0.2) is 11.2 Å². The van der Waals surface area contributed by atoms with Gasteiger partial charge in [0.05, 0.1) is 4.47 Å². The Balaban J connectivity index is 2.82. The second kappa shape index (κ2) is 4.56. The van der Waals surface area contributed by atoms with Crippen LogP contribution >= 0.6 is 15.9 Å². The molecule has 0 fully saturated rings. The van der Waals surface area contributed by atoms with Gasteiger partial charge in [-0.05, 0) is 22.4 Å². The van der Waals surface area contributed by atoms with Crippen LogP contribution in [-0.4, -0.2) is 0 Å². The molecule has 0 bridgehead atoms. The zero-order valence-corrected chi connectivity index (χ0v) is 10.6. The van der Waals surface area contributed by atoms with Gasteiger partial charge in [0.1, 0.15) is 22.5 Å². The molecule has 90 valence electrons. The van der Waals surface area contributed by atoms with Crippen molar-refractivity contribution in [2.75, 3.05) is 0 Å². The van der Waals surface area contributed by atoms with E-state index >= 15 is 0 Å². The predicted octanol–water partition coefficient (Wildman–Crippen LogP) is 3.79. The van der Waals surface area contributed by atoms with Gasteiger partial charge in [-0.15, -0.1) is 0 Å². The molecule has 0 radical (unpaired) electrons. The molecule has 2 nitrogen and oxygen atoms in total. The normalized spacial score (nSPS) is 11.1. The summed E-state index contributed by atoms with van der Waals surface area (Å²) in [4.78, 5) is 11.7. The molecule has 17 heavy (non-hydrogen) atoms. The van der Waals surface area contributed by atoms with Crippen LogP contribution in [0.5, 0.6) is 0 Å². The van der Waals surface area contributed by atoms with Crippen molar-refractivity contribution in [3.8, 4) is 0 Å². The number of rotatable bonds is 2. The summed E-state index contributed by atoms with van der Waals surface area (Å²) in [7, 11) is 0. The fourth-order valence-electron chi connectivity index (χ4n) is 1.64. The third-order valence-corrected chi connectivity index (χ3v) is 3.13. The van der Waals surface area contributed by atoms with E-state index in [4.69, 9.17) is 4.42 Å². The standard InChI is InChI=1S/C12H9BrF2O2/c1-2-3-6-4-8(16)10-9(17-6)5-7(14)11(13)12(10)15/h4-5H,2-3H2,1H3. The van der Waals surface area contributed by atoms with E-state index in [1.165, 1.54) is 6.07 Å². The first-order valence-electron chi connectivity index (χ1n) is 5.14. The monoisotopic (exact) mass is 302 g/mol. The second-order valence-electron chi connectivity index (χ2n) is 3.69. The smallest absolute Gasteiger partial charge is 0.195 e. The number of halogens is 3. The van der Waals surface area contributed by atoms with Crippen LogP contribution in [0.4, 0.5) is 8.78 Å². The van der Waals surface area contributed by atoms with E-state index in [0.29, 0.717) is 12.2 Å². The van der Waals surface area contributed by atoms with Gasteiger partial charge in [-0.3, -0.25) is 4.79 Å². The van der Waals surface area contributed by atoms with Gasteiger partial charge in [0.25, 0.3) is 0 Å². The second-order valence-corrected chi connectivity index (χ2v) is 4.48. The number of fused-ring (bicyclic) bond motifs is 1. The van der Waals surface area contributed by atoms with Gasteiger partial charge in [-0.1, -0.05) is 6.92 Å². The van der Waals surface area contributed by atoms with Crippen molar-refractivity contribution in [2.45, 2.75) is 19.8 Å². The Morgan fingerprint density at radius 2 is 2.06 bits per heavy atom. The summed E-state index contributed by atoms with van der Waals surface area (Å²) in [5, 5.41) is -0.224. The topological polar surface area (TPSA) is 30.2 Å². The quantitative estimate of drug-likeness (QED) is 0.790. The highest BCUT2D eigenvalue weighted by molar-refractivity contribution is 9.10. The summed E-state index contributed by atoms with van der Waals surface area (Å²) in [6.45, 7) is 1.92. The van der Waals surface area contributed by atoms with Crippen LogP contribution in [0.2, 0.25) is 0 Å². The first-order chi connectivity index (χ1) is 8.04. The molecule has 0 aliphatic rings. The van der Waals surface area contributed by atoms with Crippen molar-refractivity contribution in [3.05, 3.63) is 44.2 Å². The maximum atomic E-state index is 13.7. The van der Waals surface area contributed by atoms with Crippen molar-refractivity contribution in [2.24, 2.45) is 0 Å². The lowest BCUT2D eigenvalue weighted by Crippen LogP contribution is -2.05. The molecule has 0 saturated carbocycles. The first-order valence-corrected chi connectivity index (χ1v) is 5.94. The molecule has 0 atom stereocenters. The fourth-order valence-corrected chi connectivity index (χ4v) is 1.95. The van der Waals surface area contributed by atoms with Crippen molar-refractivity contribution in [1.82, 2.24) is 0 Å². The lowest BCUT2D eigenvalue weighted by atomic mass is 10.2. The third-order valence-electron chi connectivity index (χ3n) is 2.40. The van der Waals surface area contributed by atoms with Gasteiger partial charge in [0.2, 0.25) is 0 Å². The summed E-state index contributed by atoms with van der Waals surface area (Å²) in [6, 6.07) is 2.27. The number of aryl methyl sites for hydroxylation is 1. The van der Waals surface area contributed by atoms with Crippen molar-refractivity contribution in [1.29, 1.82) is 0 Å². The van der Waals surface area contributed by atoms with Gasteiger partial charge in [0, 0.05) is 18.6 Å². The van der Waals surface area contributed by atoms with Crippen molar-refractivity contribution >= 4 is 26.9 Å². The molecule has 1 heterocycles. The zero-order valence-electron chi connectivity index (χ0n) is 9.02. The van der Waals surface area contributed by atoms with E-state index in [9.17, 15) is 13.6 Å². The maximum absolute atomic E-state index is 13.7. The Kier molecular flexibility index (Phi) is 3.28. The summed E-state index contributed by atoms with van der Waals surface area (Å²) >= 11 is 2.75. The fraction of sp³-hybridized carbons (Fsp3) is 0.250. The molecule has 2 aromatic rings. The van der Waals surface area contributed by atoms with E-state index in [1.54, 1.807) is 0 Å². The molecule has 0 unspecified atom stereocenters. The van der Waals surface area contributed by atoms with E-state index < -0.39 is 17.1 Å². The Morgan fingerprint density at radius 3 is 2.71 bits per heavy atom. The minimum absolute atomic E-state index is 0.0563. The molecule has 2 rings (SSSR count). The number of hydrogen-bond donors (Lipinski definition) is 0. The molecule has 1 aromatic carbocycles. The summed E-state index contributed by atoms with van der Waals surface area (Å²) < 4.78 is 32.0. The van der Waals surface area contributed by atoms with Crippen molar-refractivity contribution < 1.29 is 13.2 Å². The summed E-state index contributed by atoms with van der Waals surface area (Å²) in [5.41, 5.74) is -0.549. The van der Waals surface area contributed by atoms with Crippen LogP contribution < -0.4 is 5.43 Å². The minimum atomic E-state index is -0.920. The van der Waals surface area contributed by atoms with E-state index in [0.717, 1.165) is 12.5 Å². The molecule has 0 aliphatic heterocycles. The van der Waals surface area contributed by atoms with Gasteiger partial charge >= 0.3 is 0 Å². The van der Waals surface area contributed by atoms with Gasteiger partial charge < -0.3 is 4.42 Å². The molecule has 5 heteroatoms. The SMILES string of the molecule is CCCc1cc(=O)c2c(F)c(Br)c(F)cc2o1. The average Bonchev–Trinajstić information content (AvgIpc) is 2.25. The highest BCUT2D eigenvalue weighted by Crippen LogP contribution is 2.26. The molecule has 0 amide bonds. The first kappa shape index (κ1) is 12.2. The number of benzene rings is 1. The number of hydrogen-bond acceptors (Lipinski definition) is 2. The molecule has 0 N–H and O–H groups in total. The molecule has 0 aliphatic carbocycles. The van der Waals surface area contributed by atoms with E-state index in [2.05, 4.69) is 15.9 Å². The highest BCUT2D eigenvalue weighted by Gasteiger charge is 2.16. The molecule has 0 spiro atoms. The van der Waals surface area contributed by atoms with Crippen LogP contribution in [0.25, 0.3) is 11.0 Å². The van der Waals surface area contributed by atoms with Crippen LogP contribution in [-0.2, 0) is 6.42 Å². The van der Waals surface area contributed by atoms with Crippen LogP contribution in [0.1, 0.15) is 19.1 Å². The molecular formula is C12H9BrF2O2. The van der Waals surface area contributed by atoms with Crippen molar-refractivity contribution in [3.63, 3.8) is 0 Å². The average molecular weight is 303 g/mol. The minimum Gasteiger partial charge on any atom is -0.461 e. The van der Waals surface area contributed by atoms with E-state index in [-0.39, 0.29) is 15.4 Å². The van der Waals surface area contributed by atoms with Crippen LogP contribution in [0.3, 0.4) is 0 Å². The van der Waals surface area contributed by atoms with Gasteiger partial charge in [-0.2, -0.15) is 0 Å². The van der Waals surface area contributed by atoms with Gasteiger partial charge in [-0.25, -0.2) is 8.78 Å². The Labute approximate surface area is 104 Å². The van der Waals surface area contributed by atoms with Crippen LogP contribution in [0.15, 0.2) is 25.8 Å². The largest absolute Gasteiger partial charge is 0.461 e. The summed E-state index contributed by atoms with van der Waals surface area (Å²) in [6.07, 6.45) is 1.35. The Bertz CT molecular complexity index is 634. The summed E-state index contributed by atoms with van der Waals surface area (Å²) in [5.74, 6) is -1.27. The van der Waals surface area contributed by atoms with E-state index in [1.807, 2.05) is 6.92 Å². The molecular weight excluding hydrogens is 294 g/mol. The van der Waals surface area contributed by atoms with Crippen LogP contribution in [0, 0.1) is 11.6 Å². The molecule has 0 saturated heterocycles. The third kappa shape index (κ3) is 2.11. The molecule has 1 aromatic heterocycles. The lowest BCUT2D eigenvalue weighted by molar-refractivity contribution is 0.519. The highest BCUT2D eigenvalue weighted by atomic mass is 79.9. The predicted molar refractivity (Wildman–Crippen MR) is 64.1 cm³/mol. The zero-order chi connectivity index (χ0) is 12.6. The maximum Gasteiger partial charge on any atom is 0.195 e. The lowest BCUT2D eigenvalue weighted by Gasteiger charge is -2.04.